The zero-order valence-corrected chi connectivity index (χ0v) is 15.7. The molecule has 0 radical (unpaired) electrons. The van der Waals surface area contributed by atoms with E-state index in [-0.39, 0.29) is 17.9 Å². The summed E-state index contributed by atoms with van der Waals surface area (Å²) in [5.74, 6) is 0.119. The lowest BCUT2D eigenvalue weighted by Gasteiger charge is -2.18. The first-order chi connectivity index (χ1) is 11.5. The van der Waals surface area contributed by atoms with Crippen LogP contribution in [-0.4, -0.2) is 52.2 Å². The molecule has 2 amide bonds. The summed E-state index contributed by atoms with van der Waals surface area (Å²) in [6.45, 7) is 2.61. The van der Waals surface area contributed by atoms with Gasteiger partial charge in [-0.15, -0.1) is 5.10 Å². The molecule has 0 saturated heterocycles. The molecule has 9 heteroatoms. The van der Waals surface area contributed by atoms with Gasteiger partial charge in [-0.2, -0.15) is 0 Å². The molecule has 0 aliphatic heterocycles. The molecular formula is C15H23N5O2S2. The lowest BCUT2D eigenvalue weighted by molar-refractivity contribution is -0.122. The Kier molecular flexibility index (Phi) is 5.31. The van der Waals surface area contributed by atoms with Crippen molar-refractivity contribution >= 4 is 40.5 Å². The monoisotopic (exact) mass is 369 g/mol. The van der Waals surface area contributed by atoms with E-state index in [4.69, 9.17) is 12.2 Å². The van der Waals surface area contributed by atoms with E-state index in [0.717, 1.165) is 25.7 Å². The lowest BCUT2D eigenvalue weighted by atomic mass is 10.4. The van der Waals surface area contributed by atoms with Crippen molar-refractivity contribution in [3.63, 3.8) is 0 Å². The highest BCUT2D eigenvalue weighted by molar-refractivity contribution is 7.73. The predicted molar refractivity (Wildman–Crippen MR) is 95.5 cm³/mol. The molecule has 0 unspecified atom stereocenters. The van der Waals surface area contributed by atoms with Crippen molar-refractivity contribution in [3.05, 3.63) is 3.95 Å². The molecule has 0 bridgehead atoms. The van der Waals surface area contributed by atoms with Gasteiger partial charge in [0.25, 0.3) is 0 Å². The van der Waals surface area contributed by atoms with E-state index in [9.17, 15) is 9.59 Å². The number of hydrogen-bond acceptors (Lipinski definition) is 6. The first kappa shape index (κ1) is 17.5. The van der Waals surface area contributed by atoms with Crippen molar-refractivity contribution < 1.29 is 9.59 Å². The quantitative estimate of drug-likeness (QED) is 0.707. The van der Waals surface area contributed by atoms with E-state index in [0.29, 0.717) is 34.8 Å². The number of carbonyl (C=O) groups excluding carboxylic acids is 2. The fraction of sp³-hybridized carbons (Fsp3) is 0.733. The Bertz CT molecular complexity index is 678. The smallest absolute Gasteiger partial charge is 0.234 e. The molecule has 0 aromatic carbocycles. The molecule has 2 aliphatic carbocycles. The van der Waals surface area contributed by atoms with E-state index in [1.54, 1.807) is 9.58 Å². The van der Waals surface area contributed by atoms with Crippen LogP contribution in [0.3, 0.4) is 0 Å². The Hall–Kier alpha value is -1.32. The number of carbonyl (C=O) groups is 2. The van der Waals surface area contributed by atoms with E-state index >= 15 is 0 Å². The maximum Gasteiger partial charge on any atom is 0.234 e. The topological polar surface area (TPSA) is 70.5 Å². The standard InChI is InChI=1S/C15H23N5O2S2/c1-3-13(22)20(11-6-7-11)14-17-19(15(23)24-14)9-18(2)8-12(21)16-10-4-5-10/h10-11H,3-9H2,1-2H3,(H,16,21). The SMILES string of the molecule is CCC(=O)N(c1nn(CN(C)CC(=O)NC2CC2)c(=S)s1)C1CC1. The minimum atomic E-state index is 0.0303. The largest absolute Gasteiger partial charge is 0.352 e. The Morgan fingerprint density at radius 1 is 1.38 bits per heavy atom. The Balaban J connectivity index is 1.63. The molecule has 2 aliphatic rings. The summed E-state index contributed by atoms with van der Waals surface area (Å²) >= 11 is 6.75. The molecule has 1 aromatic heterocycles. The summed E-state index contributed by atoms with van der Waals surface area (Å²) in [6, 6.07) is 0.639. The van der Waals surface area contributed by atoms with Gasteiger partial charge < -0.3 is 5.32 Å². The van der Waals surface area contributed by atoms with Crippen molar-refractivity contribution in [1.29, 1.82) is 0 Å². The van der Waals surface area contributed by atoms with Gasteiger partial charge >= 0.3 is 0 Å². The predicted octanol–water partition coefficient (Wildman–Crippen LogP) is 1.75. The number of rotatable bonds is 8. The third-order valence-electron chi connectivity index (χ3n) is 4.02. The first-order valence-electron chi connectivity index (χ1n) is 8.36. The molecule has 1 heterocycles. The second-order valence-electron chi connectivity index (χ2n) is 6.50. The third-order valence-corrected chi connectivity index (χ3v) is 5.32. The highest BCUT2D eigenvalue weighted by Gasteiger charge is 2.35. The van der Waals surface area contributed by atoms with E-state index in [1.807, 2.05) is 18.9 Å². The van der Waals surface area contributed by atoms with Crippen LogP contribution >= 0.6 is 23.6 Å². The third kappa shape index (κ3) is 4.40. The first-order valence-corrected chi connectivity index (χ1v) is 9.58. The molecule has 0 atom stereocenters. The molecule has 2 saturated carbocycles. The molecule has 3 rings (SSSR count). The van der Waals surface area contributed by atoms with Crippen molar-refractivity contribution in [1.82, 2.24) is 20.0 Å². The number of anilines is 1. The lowest BCUT2D eigenvalue weighted by Crippen LogP contribution is -2.37. The average Bonchev–Trinajstić information content (AvgIpc) is 3.42. The number of aromatic nitrogens is 2. The molecule has 2 fully saturated rings. The second kappa shape index (κ2) is 7.28. The number of nitrogens with one attached hydrogen (secondary N) is 1. The van der Waals surface area contributed by atoms with Gasteiger partial charge in [0.1, 0.15) is 0 Å². The number of likely N-dealkylation sites (N-methyl/N-ethyl adjacent to an activating group) is 1. The fourth-order valence-electron chi connectivity index (χ4n) is 2.48. The maximum atomic E-state index is 12.2. The molecule has 132 valence electrons. The Labute approximate surface area is 150 Å². The van der Waals surface area contributed by atoms with Crippen LogP contribution < -0.4 is 10.2 Å². The summed E-state index contributed by atoms with van der Waals surface area (Å²) in [5, 5.41) is 8.16. The minimum absolute atomic E-state index is 0.0303. The minimum Gasteiger partial charge on any atom is -0.352 e. The van der Waals surface area contributed by atoms with Crippen molar-refractivity contribution in [2.45, 2.75) is 57.8 Å². The summed E-state index contributed by atoms with van der Waals surface area (Å²) < 4.78 is 2.31. The van der Waals surface area contributed by atoms with E-state index in [1.165, 1.54) is 11.3 Å². The van der Waals surface area contributed by atoms with Gasteiger partial charge in [0.15, 0.2) is 3.95 Å². The Morgan fingerprint density at radius 2 is 2.08 bits per heavy atom. The fourth-order valence-corrected chi connectivity index (χ4v) is 3.65. The van der Waals surface area contributed by atoms with Crippen LogP contribution in [0.2, 0.25) is 0 Å². The van der Waals surface area contributed by atoms with Gasteiger partial charge in [0, 0.05) is 18.5 Å². The van der Waals surface area contributed by atoms with Crippen LogP contribution in [0.15, 0.2) is 0 Å². The number of hydrogen-bond donors (Lipinski definition) is 1. The normalized spacial score (nSPS) is 17.1. The van der Waals surface area contributed by atoms with Gasteiger partial charge in [-0.05, 0) is 44.9 Å². The molecule has 1 aromatic rings. The molecule has 24 heavy (non-hydrogen) atoms. The van der Waals surface area contributed by atoms with Gasteiger partial charge in [0.05, 0.1) is 13.2 Å². The highest BCUT2D eigenvalue weighted by Crippen LogP contribution is 2.33. The van der Waals surface area contributed by atoms with Gasteiger partial charge in [-0.25, -0.2) is 4.68 Å². The number of nitrogens with zero attached hydrogens (tertiary/aromatic N) is 4. The molecular weight excluding hydrogens is 346 g/mol. The van der Waals surface area contributed by atoms with Crippen LogP contribution in [0.25, 0.3) is 0 Å². The van der Waals surface area contributed by atoms with Crippen molar-refractivity contribution in [2.24, 2.45) is 0 Å². The maximum absolute atomic E-state index is 12.2. The van der Waals surface area contributed by atoms with E-state index < -0.39 is 0 Å². The van der Waals surface area contributed by atoms with Gasteiger partial charge in [-0.3, -0.25) is 19.4 Å². The van der Waals surface area contributed by atoms with Gasteiger partial charge in [0.2, 0.25) is 16.9 Å². The van der Waals surface area contributed by atoms with Gasteiger partial charge in [-0.1, -0.05) is 18.3 Å². The highest BCUT2D eigenvalue weighted by atomic mass is 32.1. The van der Waals surface area contributed by atoms with Crippen molar-refractivity contribution in [2.75, 3.05) is 18.5 Å². The second-order valence-corrected chi connectivity index (χ2v) is 8.10. The zero-order valence-electron chi connectivity index (χ0n) is 14.0. The van der Waals surface area contributed by atoms with Crippen LogP contribution in [0.1, 0.15) is 39.0 Å². The number of amides is 2. The van der Waals surface area contributed by atoms with Crippen LogP contribution in [-0.2, 0) is 16.3 Å². The summed E-state index contributed by atoms with van der Waals surface area (Å²) in [5.41, 5.74) is 0. The van der Waals surface area contributed by atoms with Crippen LogP contribution in [0, 0.1) is 3.95 Å². The molecule has 7 nitrogen and oxygen atoms in total. The van der Waals surface area contributed by atoms with E-state index in [2.05, 4.69) is 10.4 Å². The zero-order chi connectivity index (χ0) is 17.3. The summed E-state index contributed by atoms with van der Waals surface area (Å²) in [7, 11) is 1.86. The molecule has 1 N–H and O–H groups in total. The van der Waals surface area contributed by atoms with Crippen LogP contribution in [0.4, 0.5) is 5.13 Å². The molecule has 0 spiro atoms. The Morgan fingerprint density at radius 3 is 2.67 bits per heavy atom. The van der Waals surface area contributed by atoms with Crippen molar-refractivity contribution in [3.8, 4) is 0 Å². The summed E-state index contributed by atoms with van der Waals surface area (Å²) in [6.07, 6.45) is 4.68. The van der Waals surface area contributed by atoms with Crippen LogP contribution in [0.5, 0.6) is 0 Å². The average molecular weight is 370 g/mol. The summed E-state index contributed by atoms with van der Waals surface area (Å²) in [4.78, 5) is 27.7.